The van der Waals surface area contributed by atoms with Gasteiger partial charge in [-0.2, -0.15) is 13.2 Å². The first-order valence-corrected chi connectivity index (χ1v) is 9.65. The molecule has 1 saturated heterocycles. The van der Waals surface area contributed by atoms with E-state index < -0.39 is 16.8 Å². The van der Waals surface area contributed by atoms with E-state index in [9.17, 15) is 13.2 Å². The predicted octanol–water partition coefficient (Wildman–Crippen LogP) is 4.42. The number of hydrogen-bond acceptors (Lipinski definition) is 7. The van der Waals surface area contributed by atoms with Crippen molar-refractivity contribution in [1.29, 1.82) is 0 Å². The average Bonchev–Trinajstić information content (AvgIpc) is 2.75. The molecular weight excluding hydrogens is 435 g/mol. The fourth-order valence-electron chi connectivity index (χ4n) is 3.04. The molecule has 2 aromatic heterocycles. The van der Waals surface area contributed by atoms with E-state index in [4.69, 9.17) is 26.8 Å². The molecule has 0 spiro atoms. The highest BCUT2D eigenvalue weighted by Crippen LogP contribution is 2.38. The van der Waals surface area contributed by atoms with Gasteiger partial charge in [0.2, 0.25) is 5.95 Å². The minimum atomic E-state index is -4.60. The lowest BCUT2D eigenvalue weighted by Crippen LogP contribution is -2.36. The average molecular weight is 452 g/mol. The number of hydrogen-bond donors (Lipinski definition) is 1. The minimum Gasteiger partial charge on any atom is -0.457 e. The lowest BCUT2D eigenvalue weighted by atomic mass is 10.2. The maximum absolute atomic E-state index is 13.2. The molecule has 1 aliphatic heterocycles. The van der Waals surface area contributed by atoms with Gasteiger partial charge in [0.1, 0.15) is 17.3 Å². The fraction of sp³-hybridized carbons (Fsp3) is 0.250. The zero-order valence-corrected chi connectivity index (χ0v) is 16.8. The molecule has 0 aliphatic carbocycles. The highest BCUT2D eigenvalue weighted by molar-refractivity contribution is 6.31. The largest absolute Gasteiger partial charge is 0.457 e. The lowest BCUT2D eigenvalue weighted by Gasteiger charge is -2.28. The van der Waals surface area contributed by atoms with Gasteiger partial charge in [0.15, 0.2) is 0 Å². The third-order valence-corrected chi connectivity index (χ3v) is 4.90. The number of nitrogens with zero attached hydrogens (tertiary/aromatic N) is 4. The molecule has 7 nitrogen and oxygen atoms in total. The summed E-state index contributed by atoms with van der Waals surface area (Å²) in [6.07, 6.45) is -1.57. The Morgan fingerprint density at radius 1 is 1.03 bits per heavy atom. The quantitative estimate of drug-likeness (QED) is 0.628. The number of nitrogens with two attached hydrogens (primary N) is 1. The summed E-state index contributed by atoms with van der Waals surface area (Å²) >= 11 is 5.70. The van der Waals surface area contributed by atoms with Crippen molar-refractivity contribution in [1.82, 2.24) is 15.0 Å². The van der Waals surface area contributed by atoms with E-state index >= 15 is 0 Å². The summed E-state index contributed by atoms with van der Waals surface area (Å²) < 4.78 is 50.7. The van der Waals surface area contributed by atoms with Gasteiger partial charge in [-0.05, 0) is 18.2 Å². The first-order valence-electron chi connectivity index (χ1n) is 9.27. The van der Waals surface area contributed by atoms with E-state index in [0.717, 1.165) is 12.1 Å². The van der Waals surface area contributed by atoms with Crippen LogP contribution >= 0.6 is 11.6 Å². The van der Waals surface area contributed by atoms with Gasteiger partial charge in [-0.25, -0.2) is 15.0 Å². The smallest absolute Gasteiger partial charge is 0.417 e. The van der Waals surface area contributed by atoms with Crippen molar-refractivity contribution >= 4 is 23.4 Å². The topological polar surface area (TPSA) is 86.4 Å². The van der Waals surface area contributed by atoms with Crippen LogP contribution in [0.4, 0.5) is 24.9 Å². The number of morpholine rings is 1. The fourth-order valence-corrected chi connectivity index (χ4v) is 3.27. The highest BCUT2D eigenvalue weighted by Gasteiger charge is 2.33. The first kappa shape index (κ1) is 21.1. The SMILES string of the molecule is Nc1ncc(-c2cc(Oc3ccc(Cl)c(C(F)(F)F)c3)cc(N3CCOCC3)n2)cn1. The van der Waals surface area contributed by atoms with Crippen molar-refractivity contribution in [2.75, 3.05) is 36.9 Å². The number of alkyl halides is 3. The predicted molar refractivity (Wildman–Crippen MR) is 109 cm³/mol. The van der Waals surface area contributed by atoms with E-state index in [1.54, 1.807) is 12.1 Å². The Kier molecular flexibility index (Phi) is 5.84. The van der Waals surface area contributed by atoms with Gasteiger partial charge in [-0.1, -0.05) is 11.6 Å². The Hall–Kier alpha value is -3.11. The molecule has 162 valence electrons. The van der Waals surface area contributed by atoms with E-state index in [1.165, 1.54) is 18.5 Å². The molecule has 0 atom stereocenters. The molecule has 11 heteroatoms. The lowest BCUT2D eigenvalue weighted by molar-refractivity contribution is -0.137. The number of benzene rings is 1. The highest BCUT2D eigenvalue weighted by atomic mass is 35.5. The summed E-state index contributed by atoms with van der Waals surface area (Å²) in [6.45, 7) is 2.32. The maximum Gasteiger partial charge on any atom is 0.417 e. The standard InChI is InChI=1S/C20H17ClF3N5O2/c21-16-2-1-13(7-15(16)20(22,23)24)31-14-8-17(12-10-26-19(25)27-11-12)28-18(9-14)29-3-5-30-6-4-29/h1-2,7-11H,3-6H2,(H2,25,26,27). The summed E-state index contributed by atoms with van der Waals surface area (Å²) in [7, 11) is 0. The molecule has 1 aromatic carbocycles. The number of rotatable bonds is 4. The number of aromatic nitrogens is 3. The van der Waals surface area contributed by atoms with Crippen LogP contribution in [0.25, 0.3) is 11.3 Å². The molecule has 1 aliphatic rings. The van der Waals surface area contributed by atoms with Crippen molar-refractivity contribution in [3.63, 3.8) is 0 Å². The van der Waals surface area contributed by atoms with Crippen LogP contribution < -0.4 is 15.4 Å². The molecule has 0 bridgehead atoms. The van der Waals surface area contributed by atoms with Gasteiger partial charge in [-0.3, -0.25) is 0 Å². The molecule has 4 rings (SSSR count). The molecule has 31 heavy (non-hydrogen) atoms. The van der Waals surface area contributed by atoms with Crippen LogP contribution in [0.3, 0.4) is 0 Å². The molecular formula is C20H17ClF3N5O2. The van der Waals surface area contributed by atoms with Crippen LogP contribution in [0.2, 0.25) is 5.02 Å². The van der Waals surface area contributed by atoms with Crippen LogP contribution in [-0.4, -0.2) is 41.3 Å². The van der Waals surface area contributed by atoms with E-state index in [-0.39, 0.29) is 11.7 Å². The van der Waals surface area contributed by atoms with Crippen LogP contribution in [-0.2, 0) is 10.9 Å². The monoisotopic (exact) mass is 451 g/mol. The third kappa shape index (κ3) is 4.97. The first-order chi connectivity index (χ1) is 14.8. The summed E-state index contributed by atoms with van der Waals surface area (Å²) in [5, 5.41) is -0.400. The molecule has 3 heterocycles. The van der Waals surface area contributed by atoms with Crippen molar-refractivity contribution < 1.29 is 22.6 Å². The summed E-state index contributed by atoms with van der Waals surface area (Å²) in [5.41, 5.74) is 5.66. The second kappa shape index (κ2) is 8.56. The molecule has 2 N–H and O–H groups in total. The Morgan fingerprint density at radius 2 is 1.74 bits per heavy atom. The van der Waals surface area contributed by atoms with E-state index in [0.29, 0.717) is 49.1 Å². The van der Waals surface area contributed by atoms with Gasteiger partial charge in [-0.15, -0.1) is 0 Å². The van der Waals surface area contributed by atoms with E-state index in [1.807, 2.05) is 4.90 Å². The summed E-state index contributed by atoms with van der Waals surface area (Å²) in [6, 6.07) is 6.65. The van der Waals surface area contributed by atoms with Crippen LogP contribution in [0.1, 0.15) is 5.56 Å². The van der Waals surface area contributed by atoms with E-state index in [2.05, 4.69) is 15.0 Å². The second-order valence-corrected chi connectivity index (χ2v) is 7.12. The summed E-state index contributed by atoms with van der Waals surface area (Å²) in [4.78, 5) is 14.6. The molecule has 3 aromatic rings. The van der Waals surface area contributed by atoms with Crippen molar-refractivity contribution in [3.05, 3.63) is 53.3 Å². The van der Waals surface area contributed by atoms with Gasteiger partial charge in [0.25, 0.3) is 0 Å². The molecule has 0 saturated carbocycles. The summed E-state index contributed by atoms with van der Waals surface area (Å²) in [5.74, 6) is 1.01. The number of ether oxygens (including phenoxy) is 2. The number of halogens is 4. The number of nitrogen functional groups attached to an aromatic ring is 1. The van der Waals surface area contributed by atoms with Gasteiger partial charge < -0.3 is 20.1 Å². The Labute approximate surface area is 180 Å². The van der Waals surface area contributed by atoms with Crippen molar-refractivity contribution in [2.24, 2.45) is 0 Å². The van der Waals surface area contributed by atoms with Crippen LogP contribution in [0.15, 0.2) is 42.7 Å². The minimum absolute atomic E-state index is 0.00430. The Bertz CT molecular complexity index is 1070. The van der Waals surface area contributed by atoms with Gasteiger partial charge >= 0.3 is 6.18 Å². The van der Waals surface area contributed by atoms with Crippen LogP contribution in [0.5, 0.6) is 11.5 Å². The molecule has 1 fully saturated rings. The van der Waals surface area contributed by atoms with Crippen molar-refractivity contribution in [3.8, 4) is 22.8 Å². The maximum atomic E-state index is 13.2. The zero-order valence-electron chi connectivity index (χ0n) is 16.1. The second-order valence-electron chi connectivity index (χ2n) is 6.72. The number of anilines is 2. The normalized spacial score (nSPS) is 14.5. The third-order valence-electron chi connectivity index (χ3n) is 4.57. The number of pyridine rings is 1. The molecule has 0 amide bonds. The Balaban J connectivity index is 1.72. The van der Waals surface area contributed by atoms with Crippen LogP contribution in [0, 0.1) is 0 Å². The zero-order chi connectivity index (χ0) is 22.0. The van der Waals surface area contributed by atoms with Gasteiger partial charge in [0.05, 0.1) is 29.5 Å². The Morgan fingerprint density at radius 3 is 2.42 bits per heavy atom. The van der Waals surface area contributed by atoms with Crippen molar-refractivity contribution in [2.45, 2.75) is 6.18 Å². The molecule has 0 radical (unpaired) electrons. The van der Waals surface area contributed by atoms with Gasteiger partial charge in [0, 0.05) is 43.2 Å². The molecule has 0 unspecified atom stereocenters.